The number of rotatable bonds is 9. The molecule has 5 nitrogen and oxygen atoms in total. The Morgan fingerprint density at radius 1 is 1.28 bits per heavy atom. The second-order valence-electron chi connectivity index (χ2n) is 6.43. The van der Waals surface area contributed by atoms with Crippen molar-refractivity contribution in [3.8, 4) is 0 Å². The molecule has 1 fully saturated rings. The van der Waals surface area contributed by atoms with Crippen LogP contribution >= 0.6 is 12.2 Å². The molecule has 0 aliphatic carbocycles. The van der Waals surface area contributed by atoms with E-state index in [0.29, 0.717) is 6.54 Å². The maximum atomic E-state index is 6.13. The highest BCUT2D eigenvalue weighted by molar-refractivity contribution is 7.80. The van der Waals surface area contributed by atoms with E-state index in [9.17, 15) is 0 Å². The van der Waals surface area contributed by atoms with Gasteiger partial charge in [0.1, 0.15) is 4.99 Å². The minimum atomic E-state index is -0.710. The number of hydrogen-bond donors (Lipinski definition) is 0. The molecule has 0 N–H and O–H groups in total. The van der Waals surface area contributed by atoms with Crippen LogP contribution in [0.2, 0.25) is 0 Å². The molecule has 1 aromatic heterocycles. The SMILES string of the molecule is CCCN(CCC)C(=S)C(CN1CCOCC1)(OC)c1ccccn1. The highest BCUT2D eigenvalue weighted by atomic mass is 32.1. The van der Waals surface area contributed by atoms with Gasteiger partial charge in [-0.1, -0.05) is 32.1 Å². The van der Waals surface area contributed by atoms with E-state index in [4.69, 9.17) is 21.7 Å². The van der Waals surface area contributed by atoms with E-state index in [2.05, 4.69) is 28.6 Å². The summed E-state index contributed by atoms with van der Waals surface area (Å²) in [7, 11) is 1.75. The lowest BCUT2D eigenvalue weighted by Gasteiger charge is -2.42. The monoisotopic (exact) mass is 365 g/mol. The van der Waals surface area contributed by atoms with Crippen molar-refractivity contribution in [1.82, 2.24) is 14.8 Å². The third kappa shape index (κ3) is 4.97. The van der Waals surface area contributed by atoms with Crippen molar-refractivity contribution >= 4 is 17.2 Å². The molecule has 0 saturated carbocycles. The zero-order chi connectivity index (χ0) is 18.1. The van der Waals surface area contributed by atoms with Gasteiger partial charge in [-0.15, -0.1) is 0 Å². The van der Waals surface area contributed by atoms with Crippen LogP contribution in [0.3, 0.4) is 0 Å². The summed E-state index contributed by atoms with van der Waals surface area (Å²) in [5.74, 6) is 0. The Morgan fingerprint density at radius 3 is 2.48 bits per heavy atom. The Morgan fingerprint density at radius 2 is 1.96 bits per heavy atom. The molecule has 0 spiro atoms. The van der Waals surface area contributed by atoms with Gasteiger partial charge in [0, 0.05) is 46.0 Å². The van der Waals surface area contributed by atoms with Gasteiger partial charge in [-0.2, -0.15) is 0 Å². The number of pyridine rings is 1. The number of ether oxygens (including phenoxy) is 2. The van der Waals surface area contributed by atoms with Crippen LogP contribution in [0.25, 0.3) is 0 Å². The van der Waals surface area contributed by atoms with E-state index in [1.807, 2.05) is 24.4 Å². The lowest BCUT2D eigenvalue weighted by Crippen LogP contribution is -2.55. The van der Waals surface area contributed by atoms with Gasteiger partial charge in [0.2, 0.25) is 0 Å². The van der Waals surface area contributed by atoms with Gasteiger partial charge < -0.3 is 14.4 Å². The second-order valence-corrected chi connectivity index (χ2v) is 6.81. The van der Waals surface area contributed by atoms with Gasteiger partial charge in [-0.05, 0) is 25.0 Å². The van der Waals surface area contributed by atoms with Crippen LogP contribution in [0.15, 0.2) is 24.4 Å². The zero-order valence-corrected chi connectivity index (χ0v) is 16.6. The van der Waals surface area contributed by atoms with E-state index in [1.165, 1.54) is 0 Å². The number of morpholine rings is 1. The third-order valence-electron chi connectivity index (χ3n) is 4.60. The first-order valence-corrected chi connectivity index (χ1v) is 9.65. The Bertz CT molecular complexity index is 517. The number of aromatic nitrogens is 1. The molecule has 0 radical (unpaired) electrons. The highest BCUT2D eigenvalue weighted by Crippen LogP contribution is 2.29. The van der Waals surface area contributed by atoms with Gasteiger partial charge in [0.25, 0.3) is 0 Å². The smallest absolute Gasteiger partial charge is 0.172 e. The number of nitrogens with zero attached hydrogens (tertiary/aromatic N) is 3. The molecule has 2 rings (SSSR count). The Labute approximate surface area is 157 Å². The van der Waals surface area contributed by atoms with Crippen molar-refractivity contribution in [1.29, 1.82) is 0 Å². The van der Waals surface area contributed by atoms with Gasteiger partial charge in [0.05, 0.1) is 18.9 Å². The van der Waals surface area contributed by atoms with Crippen molar-refractivity contribution in [2.75, 3.05) is 53.0 Å². The summed E-state index contributed by atoms with van der Waals surface area (Å²) >= 11 is 5.99. The first-order chi connectivity index (χ1) is 12.2. The molecule has 140 valence electrons. The maximum absolute atomic E-state index is 6.13. The predicted octanol–water partition coefficient (Wildman–Crippen LogP) is 2.70. The number of thiocarbonyl (C=S) groups is 1. The van der Waals surface area contributed by atoms with Gasteiger partial charge in [0.15, 0.2) is 5.60 Å². The minimum absolute atomic E-state index is 0.701. The van der Waals surface area contributed by atoms with Gasteiger partial charge in [-0.3, -0.25) is 9.88 Å². The van der Waals surface area contributed by atoms with Gasteiger partial charge in [-0.25, -0.2) is 0 Å². The molecule has 1 aliphatic heterocycles. The predicted molar refractivity (Wildman–Crippen MR) is 105 cm³/mol. The molecule has 0 aromatic carbocycles. The lowest BCUT2D eigenvalue weighted by atomic mass is 9.95. The van der Waals surface area contributed by atoms with Crippen molar-refractivity contribution in [3.05, 3.63) is 30.1 Å². The van der Waals surface area contributed by atoms with Crippen LogP contribution in [-0.4, -0.2) is 72.8 Å². The minimum Gasteiger partial charge on any atom is -0.379 e. The van der Waals surface area contributed by atoms with E-state index in [1.54, 1.807) is 7.11 Å². The Balaban J connectivity index is 2.36. The van der Waals surface area contributed by atoms with Crippen molar-refractivity contribution in [3.63, 3.8) is 0 Å². The first kappa shape index (κ1) is 20.2. The van der Waals surface area contributed by atoms with Crippen LogP contribution in [-0.2, 0) is 15.1 Å². The normalized spacial score (nSPS) is 17.9. The average Bonchev–Trinajstić information content (AvgIpc) is 2.67. The van der Waals surface area contributed by atoms with E-state index in [0.717, 1.165) is 62.9 Å². The van der Waals surface area contributed by atoms with Crippen LogP contribution in [0.5, 0.6) is 0 Å². The van der Waals surface area contributed by atoms with Crippen LogP contribution < -0.4 is 0 Å². The Hall–Kier alpha value is -1.08. The largest absolute Gasteiger partial charge is 0.379 e. The summed E-state index contributed by atoms with van der Waals surface area (Å²) in [6.45, 7) is 10.2. The van der Waals surface area contributed by atoms with Crippen molar-refractivity contribution < 1.29 is 9.47 Å². The summed E-state index contributed by atoms with van der Waals surface area (Å²) in [5.41, 5.74) is 0.171. The molecule has 1 atom stereocenters. The van der Waals surface area contributed by atoms with E-state index >= 15 is 0 Å². The van der Waals surface area contributed by atoms with Crippen LogP contribution in [0.1, 0.15) is 32.4 Å². The van der Waals surface area contributed by atoms with E-state index < -0.39 is 5.60 Å². The fraction of sp³-hybridized carbons (Fsp3) is 0.684. The molecule has 6 heteroatoms. The number of hydrogen-bond acceptors (Lipinski definition) is 5. The molecule has 1 unspecified atom stereocenters. The summed E-state index contributed by atoms with van der Waals surface area (Å²) in [6.07, 6.45) is 3.93. The zero-order valence-electron chi connectivity index (χ0n) is 15.7. The molecule has 1 saturated heterocycles. The second kappa shape index (κ2) is 10.2. The third-order valence-corrected chi connectivity index (χ3v) is 5.18. The topological polar surface area (TPSA) is 37.8 Å². The fourth-order valence-corrected chi connectivity index (χ4v) is 3.74. The molecule has 1 aromatic rings. The molecule has 0 bridgehead atoms. The van der Waals surface area contributed by atoms with Gasteiger partial charge >= 0.3 is 0 Å². The van der Waals surface area contributed by atoms with E-state index in [-0.39, 0.29) is 0 Å². The summed E-state index contributed by atoms with van der Waals surface area (Å²) < 4.78 is 11.6. The maximum Gasteiger partial charge on any atom is 0.172 e. The Kier molecular flexibility index (Phi) is 8.22. The molecular weight excluding hydrogens is 334 g/mol. The molecule has 1 aliphatic rings. The lowest BCUT2D eigenvalue weighted by molar-refractivity contribution is -0.0290. The summed E-state index contributed by atoms with van der Waals surface area (Å²) in [4.78, 5) is 10.1. The van der Waals surface area contributed by atoms with Crippen LogP contribution in [0.4, 0.5) is 0 Å². The molecule has 25 heavy (non-hydrogen) atoms. The van der Waals surface area contributed by atoms with Crippen molar-refractivity contribution in [2.45, 2.75) is 32.3 Å². The summed E-state index contributed by atoms with van der Waals surface area (Å²) in [5, 5.41) is 0. The quantitative estimate of drug-likeness (QED) is 0.627. The fourth-order valence-electron chi connectivity index (χ4n) is 3.30. The van der Waals surface area contributed by atoms with Crippen molar-refractivity contribution in [2.24, 2.45) is 0 Å². The summed E-state index contributed by atoms with van der Waals surface area (Å²) in [6, 6.07) is 5.95. The molecular formula is C19H31N3O2S. The standard InChI is InChI=1S/C19H31N3O2S/c1-4-10-22(11-5-2)18(25)19(23-3,17-8-6-7-9-20-17)16-21-12-14-24-15-13-21/h6-9H,4-5,10-16H2,1-3H3. The molecule has 0 amide bonds. The first-order valence-electron chi connectivity index (χ1n) is 9.24. The van der Waals surface area contributed by atoms with Crippen LogP contribution in [0, 0.1) is 0 Å². The number of methoxy groups -OCH3 is 1. The average molecular weight is 366 g/mol. The highest BCUT2D eigenvalue weighted by Gasteiger charge is 2.42. The molecule has 2 heterocycles.